The first-order valence-electron chi connectivity index (χ1n) is 8.02. The SMILES string of the molecule is CN(C(=O)CCN1C(=O)C(=Cc2ccco2)SC1=S)C1CCS(=O)(=O)C1. The smallest absolute Gasteiger partial charge is 0.266 e. The first kappa shape index (κ1) is 19.1. The predicted octanol–water partition coefficient (Wildman–Crippen LogP) is 1.52. The van der Waals surface area contributed by atoms with Crippen LogP contribution in [-0.2, 0) is 19.4 Å². The minimum Gasteiger partial charge on any atom is -0.465 e. The Balaban J connectivity index is 1.58. The van der Waals surface area contributed by atoms with Crippen molar-refractivity contribution in [3.8, 4) is 0 Å². The summed E-state index contributed by atoms with van der Waals surface area (Å²) in [6, 6.07) is 3.17. The van der Waals surface area contributed by atoms with Crippen LogP contribution in [0.1, 0.15) is 18.6 Å². The Morgan fingerprint density at radius 3 is 2.92 bits per heavy atom. The number of hydrogen-bond donors (Lipinski definition) is 0. The van der Waals surface area contributed by atoms with Gasteiger partial charge < -0.3 is 9.32 Å². The minimum atomic E-state index is -3.05. The Morgan fingerprint density at radius 1 is 1.54 bits per heavy atom. The third kappa shape index (κ3) is 4.18. The molecule has 0 bridgehead atoms. The van der Waals surface area contributed by atoms with Gasteiger partial charge in [0.05, 0.1) is 22.7 Å². The highest BCUT2D eigenvalue weighted by Crippen LogP contribution is 2.32. The predicted molar refractivity (Wildman–Crippen MR) is 103 cm³/mol. The molecule has 2 saturated heterocycles. The molecule has 2 aliphatic heterocycles. The molecular weight excluding hydrogens is 396 g/mol. The largest absolute Gasteiger partial charge is 0.465 e. The van der Waals surface area contributed by atoms with Gasteiger partial charge >= 0.3 is 0 Å². The van der Waals surface area contributed by atoms with Crippen molar-refractivity contribution >= 4 is 56.0 Å². The molecule has 0 saturated carbocycles. The van der Waals surface area contributed by atoms with Crippen LogP contribution >= 0.6 is 24.0 Å². The van der Waals surface area contributed by atoms with Crippen LogP contribution in [0, 0.1) is 0 Å². The topological polar surface area (TPSA) is 87.9 Å². The number of hydrogen-bond acceptors (Lipinski definition) is 7. The van der Waals surface area contributed by atoms with Crippen LogP contribution in [0.4, 0.5) is 0 Å². The Kier molecular flexibility index (Phi) is 5.54. The van der Waals surface area contributed by atoms with Crippen molar-refractivity contribution in [2.75, 3.05) is 25.1 Å². The van der Waals surface area contributed by atoms with E-state index >= 15 is 0 Å². The summed E-state index contributed by atoms with van der Waals surface area (Å²) in [5, 5.41) is 0. The van der Waals surface area contributed by atoms with Gasteiger partial charge in [0.15, 0.2) is 9.84 Å². The maximum Gasteiger partial charge on any atom is 0.266 e. The first-order valence-corrected chi connectivity index (χ1v) is 11.1. The Hall–Kier alpha value is -1.65. The van der Waals surface area contributed by atoms with Crippen molar-refractivity contribution in [3.63, 3.8) is 0 Å². The molecule has 3 rings (SSSR count). The van der Waals surface area contributed by atoms with Crippen LogP contribution in [0.5, 0.6) is 0 Å². The molecule has 1 aromatic heterocycles. The summed E-state index contributed by atoms with van der Waals surface area (Å²) in [6.07, 6.45) is 3.69. The number of carbonyl (C=O) groups excluding carboxylic acids is 2. The lowest BCUT2D eigenvalue weighted by atomic mass is 10.2. The molecule has 1 atom stereocenters. The van der Waals surface area contributed by atoms with E-state index in [1.54, 1.807) is 25.3 Å². The number of thioether (sulfide) groups is 1. The second-order valence-electron chi connectivity index (χ2n) is 6.16. The van der Waals surface area contributed by atoms with Crippen molar-refractivity contribution < 1.29 is 22.4 Å². The van der Waals surface area contributed by atoms with Gasteiger partial charge in [-0.05, 0) is 18.6 Å². The molecular formula is C16H18N2O5S3. The average Bonchev–Trinajstić information content (AvgIpc) is 3.27. The van der Waals surface area contributed by atoms with E-state index in [0.717, 1.165) is 0 Å². The molecule has 3 heterocycles. The van der Waals surface area contributed by atoms with E-state index < -0.39 is 9.84 Å². The number of amides is 2. The third-order valence-electron chi connectivity index (χ3n) is 4.39. The van der Waals surface area contributed by atoms with Crippen LogP contribution in [0.25, 0.3) is 6.08 Å². The molecule has 26 heavy (non-hydrogen) atoms. The molecule has 0 spiro atoms. The van der Waals surface area contributed by atoms with Gasteiger partial charge in [0.2, 0.25) is 5.91 Å². The van der Waals surface area contributed by atoms with E-state index in [4.69, 9.17) is 16.6 Å². The molecule has 2 fully saturated rings. The zero-order valence-corrected chi connectivity index (χ0v) is 16.5. The van der Waals surface area contributed by atoms with E-state index in [9.17, 15) is 18.0 Å². The maximum atomic E-state index is 12.5. The van der Waals surface area contributed by atoms with Gasteiger partial charge in [0, 0.05) is 32.1 Å². The standard InChI is InChI=1S/C16H18N2O5S3/c1-17(11-5-8-26(21,22)10-11)14(19)4-6-18-15(20)13(25-16(18)24)9-12-3-2-7-23-12/h2-3,7,9,11H,4-6,8,10H2,1H3. The summed E-state index contributed by atoms with van der Waals surface area (Å²) in [6.45, 7) is 0.169. The van der Waals surface area contributed by atoms with E-state index in [0.29, 0.717) is 21.4 Å². The van der Waals surface area contributed by atoms with E-state index in [-0.39, 0.29) is 42.3 Å². The molecule has 0 aliphatic carbocycles. The third-order valence-corrected chi connectivity index (χ3v) is 7.52. The van der Waals surface area contributed by atoms with Crippen LogP contribution in [0.3, 0.4) is 0 Å². The molecule has 1 aromatic rings. The van der Waals surface area contributed by atoms with Crippen molar-refractivity contribution in [1.82, 2.24) is 9.80 Å². The van der Waals surface area contributed by atoms with E-state index in [1.165, 1.54) is 27.8 Å². The highest BCUT2D eigenvalue weighted by molar-refractivity contribution is 8.26. The molecule has 10 heteroatoms. The molecule has 1 unspecified atom stereocenters. The number of thiocarbonyl (C=S) groups is 1. The monoisotopic (exact) mass is 414 g/mol. The number of furan rings is 1. The Bertz CT molecular complexity index is 860. The average molecular weight is 415 g/mol. The second-order valence-corrected chi connectivity index (χ2v) is 10.1. The minimum absolute atomic E-state index is 0.00216. The van der Waals surface area contributed by atoms with Gasteiger partial charge in [-0.2, -0.15) is 0 Å². The fourth-order valence-corrected chi connectivity index (χ4v) is 5.93. The quantitative estimate of drug-likeness (QED) is 0.533. The van der Waals surface area contributed by atoms with Crippen molar-refractivity contribution in [2.45, 2.75) is 18.9 Å². The zero-order valence-electron chi connectivity index (χ0n) is 14.1. The van der Waals surface area contributed by atoms with Gasteiger partial charge in [-0.1, -0.05) is 24.0 Å². The summed E-state index contributed by atoms with van der Waals surface area (Å²) in [5.74, 6) is 0.222. The number of sulfone groups is 1. The maximum absolute atomic E-state index is 12.5. The van der Waals surface area contributed by atoms with Crippen LogP contribution in [-0.4, -0.2) is 65.5 Å². The van der Waals surface area contributed by atoms with Gasteiger partial charge in [-0.3, -0.25) is 14.5 Å². The molecule has 7 nitrogen and oxygen atoms in total. The lowest BCUT2D eigenvalue weighted by molar-refractivity contribution is -0.132. The normalized spacial score (nSPS) is 23.8. The number of rotatable bonds is 5. The Labute approximate surface area is 161 Å². The van der Waals surface area contributed by atoms with Gasteiger partial charge in [0.1, 0.15) is 10.1 Å². The second kappa shape index (κ2) is 7.53. The summed E-state index contributed by atoms with van der Waals surface area (Å²) >= 11 is 6.41. The van der Waals surface area contributed by atoms with Crippen molar-refractivity contribution in [2.24, 2.45) is 0 Å². The summed E-state index contributed by atoms with van der Waals surface area (Å²) in [4.78, 5) is 28.2. The van der Waals surface area contributed by atoms with Crippen LogP contribution in [0.15, 0.2) is 27.7 Å². The van der Waals surface area contributed by atoms with Gasteiger partial charge in [-0.15, -0.1) is 0 Å². The molecule has 0 aromatic carbocycles. The number of nitrogens with zero attached hydrogens (tertiary/aromatic N) is 2. The summed E-state index contributed by atoms with van der Waals surface area (Å²) < 4.78 is 28.7. The lowest BCUT2D eigenvalue weighted by Crippen LogP contribution is -2.40. The molecule has 0 N–H and O–H groups in total. The fourth-order valence-electron chi connectivity index (χ4n) is 2.86. The molecule has 0 radical (unpaired) electrons. The highest BCUT2D eigenvalue weighted by Gasteiger charge is 2.35. The molecule has 2 aliphatic rings. The fraction of sp³-hybridized carbons (Fsp3) is 0.438. The molecule has 2 amide bonds. The molecule has 140 valence electrons. The first-order chi connectivity index (χ1) is 12.3. The van der Waals surface area contributed by atoms with E-state index in [1.807, 2.05) is 0 Å². The van der Waals surface area contributed by atoms with Gasteiger partial charge in [-0.25, -0.2) is 8.42 Å². The Morgan fingerprint density at radius 2 is 2.31 bits per heavy atom. The number of carbonyl (C=O) groups is 2. The van der Waals surface area contributed by atoms with Crippen LogP contribution in [0.2, 0.25) is 0 Å². The van der Waals surface area contributed by atoms with Crippen molar-refractivity contribution in [1.29, 1.82) is 0 Å². The highest BCUT2D eigenvalue weighted by atomic mass is 32.2. The van der Waals surface area contributed by atoms with Crippen LogP contribution < -0.4 is 0 Å². The van der Waals surface area contributed by atoms with Gasteiger partial charge in [0.25, 0.3) is 5.91 Å². The lowest BCUT2D eigenvalue weighted by Gasteiger charge is -2.24. The summed E-state index contributed by atoms with van der Waals surface area (Å²) in [5.41, 5.74) is 0. The van der Waals surface area contributed by atoms with E-state index in [2.05, 4.69) is 0 Å². The summed E-state index contributed by atoms with van der Waals surface area (Å²) in [7, 11) is -1.45. The van der Waals surface area contributed by atoms with Crippen molar-refractivity contribution in [3.05, 3.63) is 29.1 Å². The zero-order chi connectivity index (χ0) is 18.9.